The van der Waals surface area contributed by atoms with Crippen molar-refractivity contribution in [3.05, 3.63) is 72.3 Å². The molecule has 0 aromatic heterocycles. The molecule has 2 aromatic carbocycles. The summed E-state index contributed by atoms with van der Waals surface area (Å²) in [5, 5.41) is 14.9. The third kappa shape index (κ3) is 5.73. The molecule has 0 aliphatic heterocycles. The number of carbonyl (C=O) groups excluding carboxylic acids is 2. The number of hydrogen-bond donors (Lipinski definition) is 3. The van der Waals surface area contributed by atoms with Crippen LogP contribution in [0.15, 0.2) is 61.2 Å². The van der Waals surface area contributed by atoms with E-state index in [1.165, 1.54) is 0 Å². The van der Waals surface area contributed by atoms with Crippen LogP contribution in [0.5, 0.6) is 0 Å². The summed E-state index contributed by atoms with van der Waals surface area (Å²) in [6, 6.07) is 15.4. The predicted molar refractivity (Wildman–Crippen MR) is 133 cm³/mol. The van der Waals surface area contributed by atoms with Crippen molar-refractivity contribution < 1.29 is 24.2 Å². The van der Waals surface area contributed by atoms with Gasteiger partial charge in [0, 0.05) is 12.0 Å². The van der Waals surface area contributed by atoms with Crippen LogP contribution in [0.25, 0.3) is 11.1 Å². The molecule has 7 heteroatoms. The van der Waals surface area contributed by atoms with Crippen molar-refractivity contribution in [3.63, 3.8) is 0 Å². The van der Waals surface area contributed by atoms with Gasteiger partial charge in [0.05, 0.1) is 5.92 Å². The summed E-state index contributed by atoms with van der Waals surface area (Å²) in [6.45, 7) is 3.89. The molecule has 4 rings (SSSR count). The Morgan fingerprint density at radius 1 is 1.00 bits per heavy atom. The molecule has 35 heavy (non-hydrogen) atoms. The fourth-order valence-electron chi connectivity index (χ4n) is 5.12. The maximum Gasteiger partial charge on any atom is 0.407 e. The van der Waals surface area contributed by atoms with Crippen LogP contribution in [0.3, 0.4) is 0 Å². The number of carbonyl (C=O) groups is 3. The fourth-order valence-corrected chi connectivity index (χ4v) is 5.12. The number of allylic oxidation sites excluding steroid dienone is 1. The summed E-state index contributed by atoms with van der Waals surface area (Å²) in [4.78, 5) is 36.8. The molecule has 0 spiro atoms. The molecule has 1 unspecified atom stereocenters. The zero-order valence-corrected chi connectivity index (χ0v) is 19.7. The molecule has 3 N–H and O–H groups in total. The van der Waals surface area contributed by atoms with E-state index in [4.69, 9.17) is 4.74 Å². The van der Waals surface area contributed by atoms with Crippen molar-refractivity contribution in [1.29, 1.82) is 0 Å². The first kappa shape index (κ1) is 24.5. The van der Waals surface area contributed by atoms with Crippen molar-refractivity contribution in [2.24, 2.45) is 5.92 Å². The van der Waals surface area contributed by atoms with Crippen LogP contribution in [-0.2, 0) is 14.3 Å². The number of fused-ring (bicyclic) bond motifs is 3. The van der Waals surface area contributed by atoms with Gasteiger partial charge in [0.1, 0.15) is 12.6 Å². The van der Waals surface area contributed by atoms with E-state index in [0.717, 1.165) is 22.3 Å². The Bertz CT molecular complexity index is 1040. The minimum Gasteiger partial charge on any atom is -0.481 e. The molecule has 2 aliphatic rings. The number of aliphatic carboxylic acids is 1. The van der Waals surface area contributed by atoms with E-state index >= 15 is 0 Å². The largest absolute Gasteiger partial charge is 0.481 e. The van der Waals surface area contributed by atoms with Crippen molar-refractivity contribution in [1.82, 2.24) is 10.6 Å². The molecule has 0 radical (unpaired) electrons. The van der Waals surface area contributed by atoms with Gasteiger partial charge in [-0.05, 0) is 60.8 Å². The van der Waals surface area contributed by atoms with Crippen LogP contribution in [0.4, 0.5) is 4.79 Å². The molecule has 0 heterocycles. The smallest absolute Gasteiger partial charge is 0.407 e. The summed E-state index contributed by atoms with van der Waals surface area (Å²) in [5.74, 6) is -1.47. The molecular weight excluding hydrogens is 444 g/mol. The first-order valence-corrected chi connectivity index (χ1v) is 12.2. The van der Waals surface area contributed by atoms with Crippen LogP contribution in [-0.4, -0.2) is 41.8 Å². The monoisotopic (exact) mass is 476 g/mol. The van der Waals surface area contributed by atoms with Crippen LogP contribution in [0, 0.1) is 5.92 Å². The maximum absolute atomic E-state index is 12.9. The molecule has 1 fully saturated rings. The van der Waals surface area contributed by atoms with Crippen LogP contribution in [0.2, 0.25) is 0 Å². The molecule has 7 nitrogen and oxygen atoms in total. The number of rotatable bonds is 9. The van der Waals surface area contributed by atoms with Crippen LogP contribution >= 0.6 is 0 Å². The van der Waals surface area contributed by atoms with Gasteiger partial charge in [-0.2, -0.15) is 0 Å². The van der Waals surface area contributed by atoms with Crippen molar-refractivity contribution in [3.8, 4) is 11.1 Å². The molecule has 1 atom stereocenters. The predicted octanol–water partition coefficient (Wildman–Crippen LogP) is 4.62. The highest BCUT2D eigenvalue weighted by molar-refractivity contribution is 5.86. The number of hydrogen-bond acceptors (Lipinski definition) is 4. The summed E-state index contributed by atoms with van der Waals surface area (Å²) < 4.78 is 5.61. The Morgan fingerprint density at radius 2 is 1.60 bits per heavy atom. The van der Waals surface area contributed by atoms with Gasteiger partial charge in [-0.25, -0.2) is 4.79 Å². The lowest BCUT2D eigenvalue weighted by atomic mass is 9.86. The second-order valence-corrected chi connectivity index (χ2v) is 9.28. The van der Waals surface area contributed by atoms with E-state index in [9.17, 15) is 19.5 Å². The van der Waals surface area contributed by atoms with E-state index in [1.54, 1.807) is 6.08 Å². The van der Waals surface area contributed by atoms with Gasteiger partial charge in [-0.1, -0.05) is 54.6 Å². The van der Waals surface area contributed by atoms with Gasteiger partial charge < -0.3 is 20.5 Å². The molecule has 1 saturated carbocycles. The second-order valence-electron chi connectivity index (χ2n) is 9.28. The third-order valence-electron chi connectivity index (χ3n) is 7.03. The molecule has 2 amide bonds. The Morgan fingerprint density at radius 3 is 2.17 bits per heavy atom. The minimum absolute atomic E-state index is 0.0574. The van der Waals surface area contributed by atoms with Gasteiger partial charge in [0.25, 0.3) is 0 Å². The molecule has 2 aliphatic carbocycles. The summed E-state index contributed by atoms with van der Waals surface area (Å²) in [5.41, 5.74) is 4.55. The first-order chi connectivity index (χ1) is 17.0. The number of amides is 2. The average Bonchev–Trinajstić information content (AvgIpc) is 3.19. The standard InChI is InChI=1S/C28H32N2O5/c1-2-3-12-25(26(31)29-19-15-13-18(14-16-19)27(32)33)30-28(34)35-17-24-22-10-6-4-8-20(22)21-9-5-7-11-23(21)24/h2,4-11,18-19,24-25H,1,3,12-17H2,(H,29,31)(H,30,34)(H,32,33). The van der Waals surface area contributed by atoms with Crippen molar-refractivity contribution in [2.75, 3.05) is 6.61 Å². The normalized spacial score (nSPS) is 19.7. The molecular formula is C28H32N2O5. The Kier molecular flexibility index (Phi) is 7.85. The van der Waals surface area contributed by atoms with E-state index < -0.39 is 18.1 Å². The van der Waals surface area contributed by atoms with E-state index in [-0.39, 0.29) is 30.4 Å². The lowest BCUT2D eigenvalue weighted by molar-refractivity contribution is -0.142. The summed E-state index contributed by atoms with van der Waals surface area (Å²) >= 11 is 0. The second kappa shape index (κ2) is 11.2. The van der Waals surface area contributed by atoms with Gasteiger partial charge in [-0.15, -0.1) is 6.58 Å². The van der Waals surface area contributed by atoms with E-state index in [0.29, 0.717) is 38.5 Å². The molecule has 2 aromatic rings. The zero-order chi connectivity index (χ0) is 24.8. The first-order valence-electron chi connectivity index (χ1n) is 12.2. The Hall–Kier alpha value is -3.61. The van der Waals surface area contributed by atoms with Crippen molar-refractivity contribution >= 4 is 18.0 Å². The highest BCUT2D eigenvalue weighted by Gasteiger charge is 2.31. The summed E-state index contributed by atoms with van der Waals surface area (Å²) in [6.07, 6.45) is 4.35. The average molecular weight is 477 g/mol. The Labute approximate surface area is 205 Å². The highest BCUT2D eigenvalue weighted by atomic mass is 16.5. The topological polar surface area (TPSA) is 105 Å². The van der Waals surface area contributed by atoms with Crippen LogP contribution < -0.4 is 10.6 Å². The fraction of sp³-hybridized carbons (Fsp3) is 0.393. The summed E-state index contributed by atoms with van der Waals surface area (Å²) in [7, 11) is 0. The zero-order valence-electron chi connectivity index (χ0n) is 19.7. The lowest BCUT2D eigenvalue weighted by Crippen LogP contribution is -2.50. The number of carboxylic acids is 1. The van der Waals surface area contributed by atoms with Gasteiger partial charge in [-0.3, -0.25) is 9.59 Å². The third-order valence-corrected chi connectivity index (χ3v) is 7.03. The lowest BCUT2D eigenvalue weighted by Gasteiger charge is -2.28. The van der Waals surface area contributed by atoms with Crippen molar-refractivity contribution in [2.45, 2.75) is 56.5 Å². The maximum atomic E-state index is 12.9. The van der Waals surface area contributed by atoms with Crippen LogP contribution in [0.1, 0.15) is 55.6 Å². The number of carboxylic acid groups (broad SMARTS) is 1. The van der Waals surface area contributed by atoms with E-state index in [1.807, 2.05) is 24.3 Å². The highest BCUT2D eigenvalue weighted by Crippen LogP contribution is 2.44. The molecule has 184 valence electrons. The Balaban J connectivity index is 1.35. The quantitative estimate of drug-likeness (QED) is 0.458. The number of nitrogens with one attached hydrogen (secondary N) is 2. The molecule has 0 saturated heterocycles. The molecule has 0 bridgehead atoms. The number of benzene rings is 2. The van der Waals surface area contributed by atoms with Gasteiger partial charge in [0.2, 0.25) is 5.91 Å². The number of ether oxygens (including phenoxy) is 1. The minimum atomic E-state index is -0.782. The van der Waals surface area contributed by atoms with Gasteiger partial charge in [0.15, 0.2) is 0 Å². The van der Waals surface area contributed by atoms with Gasteiger partial charge >= 0.3 is 12.1 Å². The SMILES string of the molecule is C=CCCC(NC(=O)OCC1c2ccccc2-c2ccccc21)C(=O)NC1CCC(C(=O)O)CC1. The van der Waals surface area contributed by atoms with E-state index in [2.05, 4.69) is 41.5 Å². The number of alkyl carbamates (subject to hydrolysis) is 1.